The van der Waals surface area contributed by atoms with Crippen molar-refractivity contribution >= 4 is 27.3 Å². The van der Waals surface area contributed by atoms with Gasteiger partial charge in [0.25, 0.3) is 10.0 Å². The van der Waals surface area contributed by atoms with Gasteiger partial charge in [-0.05, 0) is 38.8 Å². The molecule has 1 fully saturated rings. The number of carbonyl (C=O) groups is 1. The fraction of sp³-hybridized carbons (Fsp3) is 0.583. The summed E-state index contributed by atoms with van der Waals surface area (Å²) in [4.78, 5) is 12.1. The van der Waals surface area contributed by atoms with Crippen molar-refractivity contribution in [1.29, 1.82) is 0 Å². The number of thiophene rings is 1. The molecule has 1 saturated heterocycles. The Hall–Kier alpha value is -0.920. The number of nitrogens with zero attached hydrogens (tertiary/aromatic N) is 1. The van der Waals surface area contributed by atoms with Crippen LogP contribution in [0.5, 0.6) is 0 Å². The van der Waals surface area contributed by atoms with Crippen LogP contribution < -0.4 is 0 Å². The summed E-state index contributed by atoms with van der Waals surface area (Å²) in [6.07, 6.45) is 0.352. The topological polar surface area (TPSA) is 74.7 Å². The molecule has 2 heterocycles. The van der Waals surface area contributed by atoms with E-state index in [4.69, 9.17) is 5.11 Å². The molecule has 1 aliphatic heterocycles. The standard InChI is InChI=1S/C12H17NO4S2/c1-8-6-10(18-9(8)2)19(16,17)13-5-4-12(3,7-13)11(14)15/h6H,4-5,7H2,1-3H3,(H,14,15). The highest BCUT2D eigenvalue weighted by Gasteiger charge is 2.45. The van der Waals surface area contributed by atoms with Crippen LogP contribution in [-0.2, 0) is 14.8 Å². The van der Waals surface area contributed by atoms with E-state index in [1.165, 1.54) is 15.6 Å². The second kappa shape index (κ2) is 4.57. The maximum Gasteiger partial charge on any atom is 0.310 e. The van der Waals surface area contributed by atoms with Crippen molar-refractivity contribution in [2.75, 3.05) is 13.1 Å². The zero-order chi connectivity index (χ0) is 14.4. The quantitative estimate of drug-likeness (QED) is 0.924. The molecule has 1 aromatic rings. The van der Waals surface area contributed by atoms with E-state index >= 15 is 0 Å². The van der Waals surface area contributed by atoms with Crippen molar-refractivity contribution in [3.05, 3.63) is 16.5 Å². The molecule has 0 spiro atoms. The van der Waals surface area contributed by atoms with Gasteiger partial charge >= 0.3 is 5.97 Å². The molecule has 19 heavy (non-hydrogen) atoms. The Labute approximate surface area is 116 Å². The summed E-state index contributed by atoms with van der Waals surface area (Å²) < 4.78 is 26.5. The third-order valence-corrected chi connectivity index (χ3v) is 7.14. The number of carboxylic acids is 1. The molecule has 106 valence electrons. The van der Waals surface area contributed by atoms with Crippen LogP contribution >= 0.6 is 11.3 Å². The molecule has 0 bridgehead atoms. The zero-order valence-corrected chi connectivity index (χ0v) is 12.8. The number of hydrogen-bond acceptors (Lipinski definition) is 4. The predicted octanol–water partition coefficient (Wildman–Crippen LogP) is 1.85. The van der Waals surface area contributed by atoms with Gasteiger partial charge in [0.15, 0.2) is 0 Å². The average Bonchev–Trinajstić information content (AvgIpc) is 2.86. The van der Waals surface area contributed by atoms with E-state index in [0.29, 0.717) is 10.6 Å². The fourth-order valence-corrected chi connectivity index (χ4v) is 5.33. The third-order valence-electron chi connectivity index (χ3n) is 3.69. The van der Waals surface area contributed by atoms with Gasteiger partial charge in [-0.3, -0.25) is 4.79 Å². The van der Waals surface area contributed by atoms with Crippen molar-refractivity contribution in [2.45, 2.75) is 31.4 Å². The van der Waals surface area contributed by atoms with Crippen molar-refractivity contribution in [3.8, 4) is 0 Å². The van der Waals surface area contributed by atoms with Gasteiger partial charge in [0.05, 0.1) is 5.41 Å². The lowest BCUT2D eigenvalue weighted by atomic mass is 9.90. The summed E-state index contributed by atoms with van der Waals surface area (Å²) in [6, 6.07) is 1.66. The molecule has 0 amide bonds. The molecule has 0 saturated carbocycles. The van der Waals surface area contributed by atoms with Crippen molar-refractivity contribution in [3.63, 3.8) is 0 Å². The van der Waals surface area contributed by atoms with Gasteiger partial charge in [0.2, 0.25) is 0 Å². The van der Waals surface area contributed by atoms with Crippen molar-refractivity contribution < 1.29 is 18.3 Å². The van der Waals surface area contributed by atoms with Gasteiger partial charge in [-0.2, -0.15) is 4.31 Å². The smallest absolute Gasteiger partial charge is 0.310 e. The van der Waals surface area contributed by atoms with E-state index in [2.05, 4.69) is 0 Å². The molecule has 1 unspecified atom stereocenters. The molecule has 5 nitrogen and oxygen atoms in total. The highest BCUT2D eigenvalue weighted by molar-refractivity contribution is 7.91. The van der Waals surface area contributed by atoms with Crippen LogP contribution in [0, 0.1) is 19.3 Å². The summed E-state index contributed by atoms with van der Waals surface area (Å²) in [5.74, 6) is -0.941. The number of sulfonamides is 1. The number of aryl methyl sites for hydroxylation is 2. The van der Waals surface area contributed by atoms with E-state index in [0.717, 1.165) is 10.4 Å². The first kappa shape index (κ1) is 14.5. The third kappa shape index (κ3) is 2.42. The van der Waals surface area contributed by atoms with Crippen LogP contribution in [0.1, 0.15) is 23.8 Å². The lowest BCUT2D eigenvalue weighted by Gasteiger charge is -2.19. The van der Waals surface area contributed by atoms with Gasteiger partial charge < -0.3 is 5.11 Å². The lowest BCUT2D eigenvalue weighted by Crippen LogP contribution is -2.34. The first-order valence-electron chi connectivity index (χ1n) is 5.97. The first-order valence-corrected chi connectivity index (χ1v) is 8.23. The van der Waals surface area contributed by atoms with Gasteiger partial charge in [0, 0.05) is 18.0 Å². The SMILES string of the molecule is Cc1cc(S(=O)(=O)N2CCC(C)(C(=O)O)C2)sc1C. The highest BCUT2D eigenvalue weighted by atomic mass is 32.2. The molecular weight excluding hydrogens is 286 g/mol. The number of aliphatic carboxylic acids is 1. The summed E-state index contributed by atoms with van der Waals surface area (Å²) >= 11 is 1.24. The Kier molecular flexibility index (Phi) is 3.49. The second-order valence-electron chi connectivity index (χ2n) is 5.26. The van der Waals surface area contributed by atoms with Gasteiger partial charge in [-0.15, -0.1) is 11.3 Å². The predicted molar refractivity (Wildman–Crippen MR) is 72.9 cm³/mol. The minimum absolute atomic E-state index is 0.0423. The summed E-state index contributed by atoms with van der Waals surface area (Å²) in [6.45, 7) is 5.65. The Bertz CT molecular complexity index is 600. The number of carboxylic acid groups (broad SMARTS) is 1. The van der Waals surface area contributed by atoms with Crippen molar-refractivity contribution in [1.82, 2.24) is 4.31 Å². The van der Waals surface area contributed by atoms with Crippen LogP contribution in [0.15, 0.2) is 10.3 Å². The van der Waals surface area contributed by atoms with E-state index < -0.39 is 21.4 Å². The maximum absolute atomic E-state index is 12.5. The van der Waals surface area contributed by atoms with Crippen molar-refractivity contribution in [2.24, 2.45) is 5.41 Å². The molecule has 1 N–H and O–H groups in total. The largest absolute Gasteiger partial charge is 0.481 e. The Morgan fingerprint density at radius 1 is 1.47 bits per heavy atom. The van der Waals surface area contributed by atoms with Crippen LogP contribution in [0.25, 0.3) is 0 Å². The minimum atomic E-state index is -3.56. The lowest BCUT2D eigenvalue weighted by molar-refractivity contribution is -0.146. The Morgan fingerprint density at radius 3 is 2.53 bits per heavy atom. The van der Waals surface area contributed by atoms with E-state index in [1.807, 2.05) is 13.8 Å². The summed E-state index contributed by atoms with van der Waals surface area (Å²) in [5, 5.41) is 9.16. The Balaban J connectivity index is 2.30. The van der Waals surface area contributed by atoms with Crippen LogP contribution in [0.3, 0.4) is 0 Å². The molecule has 0 radical (unpaired) electrons. The summed E-state index contributed by atoms with van der Waals surface area (Å²) in [5.41, 5.74) is -0.0298. The van der Waals surface area contributed by atoms with Crippen LogP contribution in [-0.4, -0.2) is 36.9 Å². The number of rotatable bonds is 3. The minimum Gasteiger partial charge on any atom is -0.481 e. The maximum atomic E-state index is 12.5. The van der Waals surface area contributed by atoms with E-state index in [9.17, 15) is 13.2 Å². The molecule has 0 aliphatic carbocycles. The van der Waals surface area contributed by atoms with E-state index in [1.54, 1.807) is 13.0 Å². The van der Waals surface area contributed by atoms with Crippen LogP contribution in [0.4, 0.5) is 0 Å². The molecular formula is C12H17NO4S2. The van der Waals surface area contributed by atoms with Gasteiger partial charge in [0.1, 0.15) is 4.21 Å². The molecule has 7 heteroatoms. The van der Waals surface area contributed by atoms with E-state index in [-0.39, 0.29) is 13.1 Å². The van der Waals surface area contributed by atoms with Gasteiger partial charge in [-0.1, -0.05) is 0 Å². The monoisotopic (exact) mass is 303 g/mol. The highest BCUT2D eigenvalue weighted by Crippen LogP contribution is 2.36. The molecule has 1 atom stereocenters. The Morgan fingerprint density at radius 2 is 2.11 bits per heavy atom. The van der Waals surface area contributed by atoms with Gasteiger partial charge in [-0.25, -0.2) is 8.42 Å². The molecule has 1 aliphatic rings. The fourth-order valence-electron chi connectivity index (χ4n) is 2.09. The molecule has 0 aromatic carbocycles. The normalized spacial score (nSPS) is 24.8. The zero-order valence-electron chi connectivity index (χ0n) is 11.1. The van der Waals surface area contributed by atoms with Crippen LogP contribution in [0.2, 0.25) is 0 Å². The summed E-state index contributed by atoms with van der Waals surface area (Å²) in [7, 11) is -3.56. The molecule has 1 aromatic heterocycles. The second-order valence-corrected chi connectivity index (χ2v) is 8.68. The molecule has 2 rings (SSSR count). The number of hydrogen-bond donors (Lipinski definition) is 1. The first-order chi connectivity index (χ1) is 8.67. The average molecular weight is 303 g/mol.